The third-order valence-corrected chi connectivity index (χ3v) is 5.51. The Morgan fingerprint density at radius 2 is 1.81 bits per heavy atom. The highest BCUT2D eigenvalue weighted by Gasteiger charge is 2.23. The standard InChI is InChI=1S/C21H26N6/c1-14-10-16(12-24-26-14)15-4-9-20-19(11-15)21(23-13-22-20)25-17-5-7-18(8-6-17)27(2)3/h4,9-13,17-18H,5-8H2,1-3H3,(H,22,23,25)/t17-,18-. The normalized spacial score (nSPS) is 20.1. The SMILES string of the molecule is Cc1cc(-c2ccc3ncnc(N[C@H]4CC[C@H](N(C)C)CC4)c3c2)cnn1. The highest BCUT2D eigenvalue weighted by atomic mass is 15.1. The van der Waals surface area contributed by atoms with Crippen molar-refractivity contribution in [3.8, 4) is 11.1 Å². The molecule has 1 fully saturated rings. The van der Waals surface area contributed by atoms with Gasteiger partial charge in [-0.25, -0.2) is 9.97 Å². The molecule has 2 heterocycles. The molecule has 0 radical (unpaired) electrons. The molecule has 0 bridgehead atoms. The van der Waals surface area contributed by atoms with Crippen molar-refractivity contribution < 1.29 is 0 Å². The molecular formula is C21H26N6. The Bertz CT molecular complexity index is 931. The van der Waals surface area contributed by atoms with E-state index in [0.717, 1.165) is 33.5 Å². The number of hydrogen-bond acceptors (Lipinski definition) is 6. The number of anilines is 1. The van der Waals surface area contributed by atoms with Gasteiger partial charge in [0.15, 0.2) is 0 Å². The first kappa shape index (κ1) is 17.8. The van der Waals surface area contributed by atoms with Gasteiger partial charge >= 0.3 is 0 Å². The molecule has 0 spiro atoms. The van der Waals surface area contributed by atoms with E-state index in [9.17, 15) is 0 Å². The Kier molecular flexibility index (Phi) is 4.99. The van der Waals surface area contributed by atoms with Crippen LogP contribution < -0.4 is 5.32 Å². The van der Waals surface area contributed by atoms with Crippen LogP contribution in [-0.4, -0.2) is 51.2 Å². The van der Waals surface area contributed by atoms with Crippen molar-refractivity contribution >= 4 is 16.7 Å². The van der Waals surface area contributed by atoms with Crippen LogP contribution in [-0.2, 0) is 0 Å². The minimum atomic E-state index is 0.466. The zero-order chi connectivity index (χ0) is 18.8. The fraction of sp³-hybridized carbons (Fsp3) is 0.429. The molecule has 140 valence electrons. The number of aromatic nitrogens is 4. The Labute approximate surface area is 160 Å². The molecule has 1 aliphatic carbocycles. The summed E-state index contributed by atoms with van der Waals surface area (Å²) < 4.78 is 0. The van der Waals surface area contributed by atoms with Gasteiger partial charge in [0.1, 0.15) is 12.1 Å². The van der Waals surface area contributed by atoms with Crippen LogP contribution in [0.2, 0.25) is 0 Å². The average Bonchev–Trinajstić information content (AvgIpc) is 2.68. The van der Waals surface area contributed by atoms with Gasteiger partial charge in [0.2, 0.25) is 0 Å². The maximum atomic E-state index is 4.55. The molecule has 3 aromatic rings. The Hall–Kier alpha value is -2.60. The van der Waals surface area contributed by atoms with Gasteiger partial charge in [-0.3, -0.25) is 0 Å². The van der Waals surface area contributed by atoms with Crippen LogP contribution in [0.5, 0.6) is 0 Å². The number of benzene rings is 1. The van der Waals surface area contributed by atoms with Gasteiger partial charge < -0.3 is 10.2 Å². The van der Waals surface area contributed by atoms with Crippen molar-refractivity contribution in [2.45, 2.75) is 44.7 Å². The minimum Gasteiger partial charge on any atom is -0.367 e. The number of nitrogens with one attached hydrogen (secondary N) is 1. The zero-order valence-electron chi connectivity index (χ0n) is 16.2. The third-order valence-electron chi connectivity index (χ3n) is 5.51. The molecule has 0 unspecified atom stereocenters. The van der Waals surface area contributed by atoms with Crippen molar-refractivity contribution in [1.82, 2.24) is 25.1 Å². The predicted molar refractivity (Wildman–Crippen MR) is 109 cm³/mol. The lowest BCUT2D eigenvalue weighted by atomic mass is 9.90. The first-order valence-electron chi connectivity index (χ1n) is 9.57. The van der Waals surface area contributed by atoms with Crippen molar-refractivity contribution in [2.24, 2.45) is 0 Å². The zero-order valence-corrected chi connectivity index (χ0v) is 16.2. The smallest absolute Gasteiger partial charge is 0.137 e. The van der Waals surface area contributed by atoms with Gasteiger partial charge in [-0.15, -0.1) is 0 Å². The van der Waals surface area contributed by atoms with Crippen LogP contribution in [0, 0.1) is 6.92 Å². The van der Waals surface area contributed by atoms with E-state index in [0.29, 0.717) is 12.1 Å². The number of aryl methyl sites for hydroxylation is 1. The lowest BCUT2D eigenvalue weighted by Gasteiger charge is -2.33. The second kappa shape index (κ2) is 7.56. The van der Waals surface area contributed by atoms with Crippen LogP contribution in [0.4, 0.5) is 5.82 Å². The maximum absolute atomic E-state index is 4.55. The second-order valence-electron chi connectivity index (χ2n) is 7.65. The number of nitrogens with zero attached hydrogens (tertiary/aromatic N) is 5. The molecular weight excluding hydrogens is 336 g/mol. The highest BCUT2D eigenvalue weighted by Crippen LogP contribution is 2.29. The van der Waals surface area contributed by atoms with Gasteiger partial charge in [-0.1, -0.05) is 6.07 Å². The van der Waals surface area contributed by atoms with Crippen LogP contribution >= 0.6 is 0 Å². The molecule has 6 nitrogen and oxygen atoms in total. The first-order chi connectivity index (χ1) is 13.1. The highest BCUT2D eigenvalue weighted by molar-refractivity contribution is 5.92. The largest absolute Gasteiger partial charge is 0.367 e. The summed E-state index contributed by atoms with van der Waals surface area (Å²) in [6.07, 6.45) is 8.23. The molecule has 2 aromatic heterocycles. The lowest BCUT2D eigenvalue weighted by molar-refractivity contribution is 0.221. The molecule has 1 saturated carbocycles. The van der Waals surface area contributed by atoms with Gasteiger partial charge in [-0.2, -0.15) is 10.2 Å². The third kappa shape index (κ3) is 3.90. The number of fused-ring (bicyclic) bond motifs is 1. The fourth-order valence-electron chi connectivity index (χ4n) is 3.91. The molecule has 6 heteroatoms. The summed E-state index contributed by atoms with van der Waals surface area (Å²) >= 11 is 0. The molecule has 0 saturated heterocycles. The maximum Gasteiger partial charge on any atom is 0.137 e. The quantitative estimate of drug-likeness (QED) is 0.764. The van der Waals surface area contributed by atoms with E-state index in [1.165, 1.54) is 25.7 Å². The Balaban J connectivity index is 1.60. The molecule has 1 aliphatic rings. The molecule has 27 heavy (non-hydrogen) atoms. The molecule has 0 atom stereocenters. The summed E-state index contributed by atoms with van der Waals surface area (Å²) in [5.74, 6) is 0.925. The van der Waals surface area contributed by atoms with E-state index in [-0.39, 0.29) is 0 Å². The van der Waals surface area contributed by atoms with Gasteiger partial charge in [0.05, 0.1) is 17.4 Å². The summed E-state index contributed by atoms with van der Waals surface area (Å²) in [6.45, 7) is 1.96. The first-order valence-corrected chi connectivity index (χ1v) is 9.57. The summed E-state index contributed by atoms with van der Waals surface area (Å²) in [6, 6.07) is 9.49. The molecule has 0 aliphatic heterocycles. The summed E-state index contributed by atoms with van der Waals surface area (Å²) in [7, 11) is 4.35. The minimum absolute atomic E-state index is 0.466. The average molecular weight is 362 g/mol. The van der Waals surface area contributed by atoms with Crippen molar-refractivity contribution in [2.75, 3.05) is 19.4 Å². The van der Waals surface area contributed by atoms with E-state index in [4.69, 9.17) is 0 Å². The van der Waals surface area contributed by atoms with E-state index in [2.05, 4.69) is 62.7 Å². The summed E-state index contributed by atoms with van der Waals surface area (Å²) in [5, 5.41) is 12.9. The lowest BCUT2D eigenvalue weighted by Crippen LogP contribution is -2.36. The van der Waals surface area contributed by atoms with Crippen molar-refractivity contribution in [3.05, 3.63) is 42.5 Å². The van der Waals surface area contributed by atoms with E-state index >= 15 is 0 Å². The van der Waals surface area contributed by atoms with Crippen LogP contribution in [0.25, 0.3) is 22.0 Å². The van der Waals surface area contributed by atoms with E-state index < -0.39 is 0 Å². The fourth-order valence-corrected chi connectivity index (χ4v) is 3.91. The summed E-state index contributed by atoms with van der Waals surface area (Å²) in [5.41, 5.74) is 4.03. The Morgan fingerprint density at radius 1 is 1.00 bits per heavy atom. The number of rotatable bonds is 4. The summed E-state index contributed by atoms with van der Waals surface area (Å²) in [4.78, 5) is 11.3. The monoisotopic (exact) mass is 362 g/mol. The van der Waals surface area contributed by atoms with Crippen LogP contribution in [0.3, 0.4) is 0 Å². The van der Waals surface area contributed by atoms with Crippen LogP contribution in [0.1, 0.15) is 31.4 Å². The van der Waals surface area contributed by atoms with Crippen LogP contribution in [0.15, 0.2) is 36.8 Å². The van der Waals surface area contributed by atoms with E-state index in [1.54, 1.807) is 12.5 Å². The van der Waals surface area contributed by atoms with Gasteiger partial charge in [0.25, 0.3) is 0 Å². The molecule has 4 rings (SSSR count). The second-order valence-corrected chi connectivity index (χ2v) is 7.65. The van der Waals surface area contributed by atoms with Crippen molar-refractivity contribution in [1.29, 1.82) is 0 Å². The number of hydrogen-bond donors (Lipinski definition) is 1. The Morgan fingerprint density at radius 3 is 2.56 bits per heavy atom. The van der Waals surface area contributed by atoms with Gasteiger partial charge in [-0.05, 0) is 70.5 Å². The topological polar surface area (TPSA) is 66.8 Å². The predicted octanol–water partition coefficient (Wildman–Crippen LogP) is 3.68. The van der Waals surface area contributed by atoms with Crippen molar-refractivity contribution in [3.63, 3.8) is 0 Å². The molecule has 1 aromatic carbocycles. The molecule has 1 N–H and O–H groups in total. The van der Waals surface area contributed by atoms with E-state index in [1.807, 2.05) is 13.0 Å². The van der Waals surface area contributed by atoms with Gasteiger partial charge in [0, 0.05) is 23.0 Å². The molecule has 0 amide bonds.